The molecule has 0 amide bonds. The van der Waals surface area contributed by atoms with Gasteiger partial charge in [0.25, 0.3) is 10.0 Å². The Morgan fingerprint density at radius 1 is 1.42 bits per heavy atom. The Kier molecular flexibility index (Phi) is 3.67. The van der Waals surface area contributed by atoms with Crippen molar-refractivity contribution in [3.63, 3.8) is 0 Å². The van der Waals surface area contributed by atoms with Crippen molar-refractivity contribution in [3.05, 3.63) is 30.9 Å². The first kappa shape index (κ1) is 13.3. The quantitative estimate of drug-likeness (QED) is 0.539. The molecule has 2 rings (SSSR count). The number of aromatic nitrogens is 3. The van der Waals surface area contributed by atoms with E-state index in [1.54, 1.807) is 10.9 Å². The van der Waals surface area contributed by atoms with E-state index in [4.69, 9.17) is 5.84 Å². The third-order valence-electron chi connectivity index (χ3n) is 2.44. The first-order valence-corrected chi connectivity index (χ1v) is 7.01. The molecule has 0 unspecified atom stereocenters. The summed E-state index contributed by atoms with van der Waals surface area (Å²) in [6.07, 6.45) is 5.71. The molecule has 0 aromatic carbocycles. The van der Waals surface area contributed by atoms with Gasteiger partial charge in [-0.1, -0.05) is 0 Å². The number of aryl methyl sites for hydroxylation is 1. The van der Waals surface area contributed by atoms with Crippen molar-refractivity contribution in [1.29, 1.82) is 0 Å². The second kappa shape index (κ2) is 5.24. The molecule has 0 bridgehead atoms. The summed E-state index contributed by atoms with van der Waals surface area (Å²) < 4.78 is 28.4. The monoisotopic (exact) mass is 282 g/mol. The van der Waals surface area contributed by atoms with Crippen LogP contribution in [0.3, 0.4) is 0 Å². The highest BCUT2D eigenvalue weighted by atomic mass is 32.2. The average molecular weight is 282 g/mol. The summed E-state index contributed by atoms with van der Waals surface area (Å²) in [7, 11) is -3.76. The lowest BCUT2D eigenvalue weighted by molar-refractivity contribution is 0.601. The van der Waals surface area contributed by atoms with Crippen LogP contribution in [0.5, 0.6) is 0 Å². The lowest BCUT2D eigenvalue weighted by atomic mass is 10.4. The van der Waals surface area contributed by atoms with Gasteiger partial charge in [0.05, 0.1) is 17.6 Å². The molecule has 0 saturated heterocycles. The molecule has 0 saturated carbocycles. The number of pyridine rings is 1. The highest BCUT2D eigenvalue weighted by molar-refractivity contribution is 7.92. The summed E-state index contributed by atoms with van der Waals surface area (Å²) in [5.74, 6) is 5.28. The van der Waals surface area contributed by atoms with Gasteiger partial charge in [-0.2, -0.15) is 5.10 Å². The van der Waals surface area contributed by atoms with Crippen molar-refractivity contribution in [2.24, 2.45) is 5.84 Å². The van der Waals surface area contributed by atoms with Crippen LogP contribution in [0.4, 0.5) is 11.4 Å². The van der Waals surface area contributed by atoms with Crippen LogP contribution in [0, 0.1) is 0 Å². The van der Waals surface area contributed by atoms with Crippen LogP contribution < -0.4 is 16.0 Å². The van der Waals surface area contributed by atoms with Gasteiger partial charge < -0.3 is 5.43 Å². The number of nitrogens with zero attached hydrogens (tertiary/aromatic N) is 3. The lowest BCUT2D eigenvalue weighted by Crippen LogP contribution is -2.17. The summed E-state index contributed by atoms with van der Waals surface area (Å²) in [6.45, 7) is 2.56. The molecular weight excluding hydrogens is 268 g/mol. The Morgan fingerprint density at radius 3 is 2.84 bits per heavy atom. The van der Waals surface area contributed by atoms with Crippen molar-refractivity contribution in [3.8, 4) is 0 Å². The van der Waals surface area contributed by atoms with Crippen molar-refractivity contribution in [1.82, 2.24) is 14.8 Å². The summed E-state index contributed by atoms with van der Waals surface area (Å²) >= 11 is 0. The Hall–Kier alpha value is -2.13. The number of hydrazine groups is 1. The van der Waals surface area contributed by atoms with Crippen molar-refractivity contribution < 1.29 is 8.42 Å². The molecule has 19 heavy (non-hydrogen) atoms. The minimum Gasteiger partial charge on any atom is -0.323 e. The molecule has 102 valence electrons. The molecule has 8 nitrogen and oxygen atoms in total. The zero-order valence-electron chi connectivity index (χ0n) is 10.2. The van der Waals surface area contributed by atoms with Gasteiger partial charge in [-0.3, -0.25) is 20.2 Å². The van der Waals surface area contributed by atoms with Crippen molar-refractivity contribution in [2.45, 2.75) is 18.4 Å². The lowest BCUT2D eigenvalue weighted by Gasteiger charge is -2.09. The Morgan fingerprint density at radius 2 is 2.21 bits per heavy atom. The van der Waals surface area contributed by atoms with Crippen LogP contribution >= 0.6 is 0 Å². The molecule has 0 atom stereocenters. The first-order valence-electron chi connectivity index (χ1n) is 5.52. The summed E-state index contributed by atoms with van der Waals surface area (Å²) in [5, 5.41) is 3.99. The Labute approximate surface area is 110 Å². The zero-order valence-corrected chi connectivity index (χ0v) is 11.1. The van der Waals surface area contributed by atoms with Gasteiger partial charge in [-0.05, 0) is 13.0 Å². The number of nitrogen functional groups attached to an aromatic ring is 1. The minimum atomic E-state index is -3.76. The topological polar surface area (TPSA) is 115 Å². The molecule has 2 heterocycles. The summed E-state index contributed by atoms with van der Waals surface area (Å²) in [4.78, 5) is 3.76. The van der Waals surface area contributed by atoms with E-state index >= 15 is 0 Å². The average Bonchev–Trinajstić information content (AvgIpc) is 2.85. The maximum Gasteiger partial charge on any atom is 0.265 e. The van der Waals surface area contributed by atoms with E-state index in [0.29, 0.717) is 12.2 Å². The summed E-state index contributed by atoms with van der Waals surface area (Å²) in [5.41, 5.74) is 2.98. The highest BCUT2D eigenvalue weighted by Crippen LogP contribution is 2.21. The van der Waals surface area contributed by atoms with E-state index in [9.17, 15) is 8.42 Å². The van der Waals surface area contributed by atoms with Gasteiger partial charge in [0.2, 0.25) is 0 Å². The molecule has 9 heteroatoms. The SMILES string of the molecule is CCn1cc(NS(=O)(=O)c2cnccc2NN)cn1. The molecule has 2 aromatic heterocycles. The van der Waals surface area contributed by atoms with E-state index in [1.165, 1.54) is 24.7 Å². The number of sulfonamides is 1. The Balaban J connectivity index is 2.32. The minimum absolute atomic E-state index is 0.0262. The van der Waals surface area contributed by atoms with Gasteiger partial charge in [0.15, 0.2) is 0 Å². The molecule has 4 N–H and O–H groups in total. The number of rotatable bonds is 5. The highest BCUT2D eigenvalue weighted by Gasteiger charge is 2.19. The number of nitrogens with two attached hydrogens (primary N) is 1. The third kappa shape index (κ3) is 2.83. The smallest absolute Gasteiger partial charge is 0.265 e. The molecule has 0 radical (unpaired) electrons. The number of anilines is 2. The largest absolute Gasteiger partial charge is 0.323 e. The standard InChI is InChI=1S/C10H14N6O2S/c1-2-16-7-8(5-13-16)15-19(17,18)10-6-12-4-3-9(10)14-11/h3-7,15H,2,11H2,1H3,(H,12,14). The third-order valence-corrected chi connectivity index (χ3v) is 3.85. The van der Waals surface area contributed by atoms with E-state index in [1.807, 2.05) is 6.92 Å². The van der Waals surface area contributed by atoms with Crippen LogP contribution in [0.25, 0.3) is 0 Å². The molecule has 0 fully saturated rings. The van der Waals surface area contributed by atoms with Crippen LogP contribution in [-0.4, -0.2) is 23.2 Å². The van der Waals surface area contributed by atoms with Crippen LogP contribution in [0.15, 0.2) is 35.7 Å². The predicted molar refractivity (Wildman–Crippen MR) is 70.8 cm³/mol. The number of hydrogen-bond acceptors (Lipinski definition) is 6. The molecule has 0 aliphatic heterocycles. The molecule has 0 aliphatic rings. The second-order valence-corrected chi connectivity index (χ2v) is 5.36. The predicted octanol–water partition coefficient (Wildman–Crippen LogP) is 0.384. The second-order valence-electron chi connectivity index (χ2n) is 3.71. The van der Waals surface area contributed by atoms with Crippen molar-refractivity contribution in [2.75, 3.05) is 10.1 Å². The van der Waals surface area contributed by atoms with E-state index < -0.39 is 10.0 Å². The van der Waals surface area contributed by atoms with Gasteiger partial charge >= 0.3 is 0 Å². The van der Waals surface area contributed by atoms with E-state index in [0.717, 1.165) is 0 Å². The fraction of sp³-hybridized carbons (Fsp3) is 0.200. The zero-order chi connectivity index (χ0) is 13.9. The first-order chi connectivity index (χ1) is 9.06. The fourth-order valence-corrected chi connectivity index (χ4v) is 2.65. The normalized spacial score (nSPS) is 11.3. The molecular formula is C10H14N6O2S. The van der Waals surface area contributed by atoms with Crippen molar-refractivity contribution >= 4 is 21.4 Å². The van der Waals surface area contributed by atoms with Gasteiger partial charge in [-0.15, -0.1) is 0 Å². The van der Waals surface area contributed by atoms with Crippen LogP contribution in [0.1, 0.15) is 6.92 Å². The molecule has 0 spiro atoms. The van der Waals surface area contributed by atoms with Gasteiger partial charge in [-0.25, -0.2) is 8.42 Å². The van der Waals surface area contributed by atoms with E-state index in [-0.39, 0.29) is 10.6 Å². The Bertz CT molecular complexity index is 666. The number of hydrogen-bond donors (Lipinski definition) is 3. The summed E-state index contributed by atoms with van der Waals surface area (Å²) in [6, 6.07) is 1.48. The molecule has 2 aromatic rings. The maximum absolute atomic E-state index is 12.2. The van der Waals surface area contributed by atoms with E-state index in [2.05, 4.69) is 20.2 Å². The van der Waals surface area contributed by atoms with Crippen LogP contribution in [-0.2, 0) is 16.6 Å². The molecule has 0 aliphatic carbocycles. The fourth-order valence-electron chi connectivity index (χ4n) is 1.51. The van der Waals surface area contributed by atoms with Crippen LogP contribution in [0.2, 0.25) is 0 Å². The maximum atomic E-state index is 12.2. The van der Waals surface area contributed by atoms with Gasteiger partial charge in [0.1, 0.15) is 4.90 Å². The van der Waals surface area contributed by atoms with Gasteiger partial charge in [0, 0.05) is 25.1 Å². The number of nitrogens with one attached hydrogen (secondary N) is 2.